The molecule has 0 amide bonds. The molecule has 2 aromatic carbocycles. The Kier molecular flexibility index (Phi) is 4.44. The van der Waals surface area contributed by atoms with E-state index in [1.165, 1.54) is 11.1 Å². The van der Waals surface area contributed by atoms with Gasteiger partial charge in [-0.2, -0.15) is 0 Å². The summed E-state index contributed by atoms with van der Waals surface area (Å²) in [7, 11) is 0. The second-order valence-electron chi connectivity index (χ2n) is 4.45. The minimum Gasteiger partial charge on any atom is -0.324 e. The molecule has 1 atom stereocenters. The van der Waals surface area contributed by atoms with Gasteiger partial charge >= 0.3 is 0 Å². The van der Waals surface area contributed by atoms with Crippen molar-refractivity contribution < 1.29 is 0 Å². The summed E-state index contributed by atoms with van der Waals surface area (Å²) in [5.74, 6) is 0. The van der Waals surface area contributed by atoms with Gasteiger partial charge in [0.05, 0.1) is 0 Å². The van der Waals surface area contributed by atoms with Crippen LogP contribution >= 0.6 is 27.5 Å². The molecule has 0 radical (unpaired) electrons. The number of hydrogen-bond acceptors (Lipinski definition) is 1. The van der Waals surface area contributed by atoms with Gasteiger partial charge in [0.2, 0.25) is 0 Å². The Labute approximate surface area is 121 Å². The molecule has 94 valence electrons. The van der Waals surface area contributed by atoms with Crippen LogP contribution in [0.1, 0.15) is 22.7 Å². The monoisotopic (exact) mass is 323 g/mol. The molecule has 0 aliphatic heterocycles. The van der Waals surface area contributed by atoms with Crippen molar-refractivity contribution in [2.75, 3.05) is 0 Å². The van der Waals surface area contributed by atoms with Crippen LogP contribution in [-0.2, 0) is 6.42 Å². The highest BCUT2D eigenvalue weighted by atomic mass is 79.9. The second kappa shape index (κ2) is 5.87. The van der Waals surface area contributed by atoms with Crippen LogP contribution in [0.2, 0.25) is 5.02 Å². The quantitative estimate of drug-likeness (QED) is 0.873. The highest BCUT2D eigenvalue weighted by molar-refractivity contribution is 9.10. The molecule has 0 saturated heterocycles. The number of rotatable bonds is 3. The standard InChI is InChI=1S/C15H15BrClN/c1-10-2-5-12(9-14(10)16)15(18)8-11-3-6-13(17)7-4-11/h2-7,9,15H,8,18H2,1H3. The lowest BCUT2D eigenvalue weighted by molar-refractivity contribution is 0.721. The van der Waals surface area contributed by atoms with Crippen LogP contribution in [0.4, 0.5) is 0 Å². The zero-order valence-electron chi connectivity index (χ0n) is 10.2. The SMILES string of the molecule is Cc1ccc(C(N)Cc2ccc(Cl)cc2)cc1Br. The summed E-state index contributed by atoms with van der Waals surface area (Å²) in [6, 6.07) is 14.1. The Morgan fingerprint density at radius 1 is 1.17 bits per heavy atom. The molecule has 0 aliphatic rings. The van der Waals surface area contributed by atoms with Gasteiger partial charge in [0.25, 0.3) is 0 Å². The molecule has 2 rings (SSSR count). The van der Waals surface area contributed by atoms with Crippen LogP contribution in [0.25, 0.3) is 0 Å². The third-order valence-electron chi connectivity index (χ3n) is 2.99. The van der Waals surface area contributed by atoms with Crippen LogP contribution in [0.5, 0.6) is 0 Å². The zero-order chi connectivity index (χ0) is 13.1. The van der Waals surface area contributed by atoms with E-state index in [1.807, 2.05) is 24.3 Å². The van der Waals surface area contributed by atoms with E-state index in [0.717, 1.165) is 21.5 Å². The van der Waals surface area contributed by atoms with Crippen LogP contribution in [0, 0.1) is 6.92 Å². The Bertz CT molecular complexity index is 537. The van der Waals surface area contributed by atoms with Gasteiger partial charge in [0.1, 0.15) is 0 Å². The third kappa shape index (κ3) is 3.35. The van der Waals surface area contributed by atoms with Crippen LogP contribution in [-0.4, -0.2) is 0 Å². The fourth-order valence-corrected chi connectivity index (χ4v) is 2.35. The van der Waals surface area contributed by atoms with Gasteiger partial charge in [-0.05, 0) is 48.2 Å². The number of halogens is 2. The largest absolute Gasteiger partial charge is 0.324 e. The number of aryl methyl sites for hydroxylation is 1. The van der Waals surface area contributed by atoms with E-state index in [4.69, 9.17) is 17.3 Å². The van der Waals surface area contributed by atoms with Gasteiger partial charge in [0, 0.05) is 15.5 Å². The highest BCUT2D eigenvalue weighted by Crippen LogP contribution is 2.23. The molecule has 2 N–H and O–H groups in total. The van der Waals surface area contributed by atoms with E-state index in [2.05, 4.69) is 41.1 Å². The molecular weight excluding hydrogens is 310 g/mol. The first-order valence-corrected chi connectivity index (χ1v) is 6.99. The van der Waals surface area contributed by atoms with Gasteiger partial charge in [-0.1, -0.05) is 51.8 Å². The molecule has 0 aliphatic carbocycles. The molecule has 0 spiro atoms. The minimum atomic E-state index is 0.00285. The van der Waals surface area contributed by atoms with Crippen LogP contribution in [0.15, 0.2) is 46.9 Å². The lowest BCUT2D eigenvalue weighted by Gasteiger charge is -2.13. The molecular formula is C15H15BrClN. The Hall–Kier alpha value is -0.830. The summed E-state index contributed by atoms with van der Waals surface area (Å²) in [6.07, 6.45) is 0.812. The molecule has 1 unspecified atom stereocenters. The fourth-order valence-electron chi connectivity index (χ4n) is 1.83. The van der Waals surface area contributed by atoms with E-state index in [0.29, 0.717) is 0 Å². The first-order valence-electron chi connectivity index (χ1n) is 5.82. The Morgan fingerprint density at radius 3 is 2.44 bits per heavy atom. The van der Waals surface area contributed by atoms with E-state index in [-0.39, 0.29) is 6.04 Å². The van der Waals surface area contributed by atoms with Crippen molar-refractivity contribution in [3.8, 4) is 0 Å². The molecule has 0 saturated carbocycles. The summed E-state index contributed by atoms with van der Waals surface area (Å²) in [4.78, 5) is 0. The van der Waals surface area contributed by atoms with Gasteiger partial charge in [-0.3, -0.25) is 0 Å². The zero-order valence-corrected chi connectivity index (χ0v) is 12.5. The molecule has 0 bridgehead atoms. The predicted octanol–water partition coefficient (Wildman–Crippen LogP) is 4.65. The van der Waals surface area contributed by atoms with Gasteiger partial charge in [-0.15, -0.1) is 0 Å². The van der Waals surface area contributed by atoms with Crippen molar-refractivity contribution in [3.05, 3.63) is 68.7 Å². The van der Waals surface area contributed by atoms with E-state index >= 15 is 0 Å². The highest BCUT2D eigenvalue weighted by Gasteiger charge is 2.08. The van der Waals surface area contributed by atoms with Crippen molar-refractivity contribution in [2.45, 2.75) is 19.4 Å². The van der Waals surface area contributed by atoms with E-state index < -0.39 is 0 Å². The fraction of sp³-hybridized carbons (Fsp3) is 0.200. The normalized spacial score (nSPS) is 12.4. The number of nitrogens with two attached hydrogens (primary N) is 1. The second-order valence-corrected chi connectivity index (χ2v) is 5.74. The molecule has 18 heavy (non-hydrogen) atoms. The molecule has 3 heteroatoms. The summed E-state index contributed by atoms with van der Waals surface area (Å²) in [5.41, 5.74) is 9.79. The molecule has 1 nitrogen and oxygen atoms in total. The Morgan fingerprint density at radius 2 is 1.83 bits per heavy atom. The van der Waals surface area contributed by atoms with E-state index in [1.54, 1.807) is 0 Å². The molecule has 0 heterocycles. The summed E-state index contributed by atoms with van der Waals surface area (Å²) in [6.45, 7) is 2.07. The average molecular weight is 325 g/mol. The van der Waals surface area contributed by atoms with Gasteiger partial charge in [-0.25, -0.2) is 0 Å². The first-order chi connectivity index (χ1) is 8.56. The first kappa shape index (κ1) is 13.6. The summed E-state index contributed by atoms with van der Waals surface area (Å²) in [5, 5.41) is 0.755. The lowest BCUT2D eigenvalue weighted by atomic mass is 9.99. The maximum Gasteiger partial charge on any atom is 0.0406 e. The van der Waals surface area contributed by atoms with Crippen molar-refractivity contribution in [3.63, 3.8) is 0 Å². The van der Waals surface area contributed by atoms with Crippen molar-refractivity contribution in [2.24, 2.45) is 5.73 Å². The predicted molar refractivity (Wildman–Crippen MR) is 81.0 cm³/mol. The maximum atomic E-state index is 6.23. The Balaban J connectivity index is 2.13. The van der Waals surface area contributed by atoms with Gasteiger partial charge < -0.3 is 5.73 Å². The smallest absolute Gasteiger partial charge is 0.0406 e. The number of benzene rings is 2. The van der Waals surface area contributed by atoms with Crippen molar-refractivity contribution >= 4 is 27.5 Å². The van der Waals surface area contributed by atoms with E-state index in [9.17, 15) is 0 Å². The molecule has 0 fully saturated rings. The minimum absolute atomic E-state index is 0.00285. The van der Waals surface area contributed by atoms with Crippen molar-refractivity contribution in [1.82, 2.24) is 0 Å². The van der Waals surface area contributed by atoms with Crippen molar-refractivity contribution in [1.29, 1.82) is 0 Å². The summed E-state index contributed by atoms with van der Waals surface area (Å²) < 4.78 is 1.10. The van der Waals surface area contributed by atoms with Crippen LogP contribution in [0.3, 0.4) is 0 Å². The average Bonchev–Trinajstić information content (AvgIpc) is 2.35. The third-order valence-corrected chi connectivity index (χ3v) is 4.10. The maximum absolute atomic E-state index is 6.23. The van der Waals surface area contributed by atoms with Gasteiger partial charge in [0.15, 0.2) is 0 Å². The topological polar surface area (TPSA) is 26.0 Å². The number of hydrogen-bond donors (Lipinski definition) is 1. The van der Waals surface area contributed by atoms with Crippen LogP contribution < -0.4 is 5.73 Å². The molecule has 2 aromatic rings. The molecule has 0 aromatic heterocycles. The lowest BCUT2D eigenvalue weighted by Crippen LogP contribution is -2.13. The summed E-state index contributed by atoms with van der Waals surface area (Å²) >= 11 is 9.40.